The van der Waals surface area contributed by atoms with Gasteiger partial charge in [-0.2, -0.15) is 15.6 Å². The van der Waals surface area contributed by atoms with E-state index >= 15 is 0 Å². The van der Waals surface area contributed by atoms with Gasteiger partial charge in [-0.3, -0.25) is 9.13 Å². The van der Waals surface area contributed by atoms with Crippen molar-refractivity contribution in [1.82, 2.24) is 0 Å². The van der Waals surface area contributed by atoms with Crippen LogP contribution in [0.3, 0.4) is 0 Å². The van der Waals surface area contributed by atoms with Crippen molar-refractivity contribution in [3.63, 3.8) is 0 Å². The first-order valence-corrected chi connectivity index (χ1v) is 11.2. The minimum atomic E-state index is -5.39. The molecule has 0 aliphatic heterocycles. The summed E-state index contributed by atoms with van der Waals surface area (Å²) >= 11 is 0. The van der Waals surface area contributed by atoms with Gasteiger partial charge in [-0.1, -0.05) is 0 Å². The van der Waals surface area contributed by atoms with Gasteiger partial charge in [0.2, 0.25) is 0 Å². The summed E-state index contributed by atoms with van der Waals surface area (Å²) < 4.78 is 38.5. The van der Waals surface area contributed by atoms with Crippen molar-refractivity contribution in [3.05, 3.63) is 0 Å². The van der Waals surface area contributed by atoms with Crippen molar-refractivity contribution in [2.24, 2.45) is 5.73 Å². The van der Waals surface area contributed by atoms with Gasteiger partial charge in [-0.25, -0.2) is 0 Å². The van der Waals surface area contributed by atoms with E-state index in [-0.39, 0.29) is 164 Å². The molecule has 7 N–H and O–H groups in total. The number of hydrogen-bond donors (Lipinski definition) is 6. The van der Waals surface area contributed by atoms with Crippen LogP contribution in [-0.4, -0.2) is 187 Å². The summed E-state index contributed by atoms with van der Waals surface area (Å²) in [6, 6.07) is 0. The Morgan fingerprint density at radius 2 is 0.893 bits per heavy atom. The third-order valence-corrected chi connectivity index (χ3v) is 5.53. The van der Waals surface area contributed by atoms with Gasteiger partial charge in [-0.15, -0.1) is 0 Å². The zero-order valence-corrected chi connectivity index (χ0v) is 23.6. The zero-order chi connectivity index (χ0) is 20.6. The van der Waals surface area contributed by atoms with Gasteiger partial charge >= 0.3 is 166 Å². The Kier molecular flexibility index (Phi) is 39.1. The predicted octanol–water partition coefficient (Wildman–Crippen LogP) is -8.98. The Morgan fingerprint density at radius 1 is 0.714 bits per heavy atom. The van der Waals surface area contributed by atoms with Gasteiger partial charge < -0.3 is 68.9 Å². The summed E-state index contributed by atoms with van der Waals surface area (Å²) in [7, 11) is -21.4. The number of aliphatic hydroxyl groups is 1. The van der Waals surface area contributed by atoms with E-state index in [9.17, 15) is 14.2 Å². The standard InChI is InChI=1S/C4H13NO7P2.4Ca.2H3O4P.2H/c5-3-1-2-4(6,13(7,8)9)14(10,11)12;;;;;2*1-5(2,3)4;;/h6H,1-3,5H2,(H2,7,8,9)(H2,10,11,12);;;;;2*(H3,1,2,3,4);;/q;;3*+2;;;;/p-6. The molecule has 24 heteroatoms. The van der Waals surface area contributed by atoms with Crippen LogP contribution in [0.25, 0.3) is 0 Å². The zero-order valence-electron chi connectivity index (χ0n) is 13.4. The van der Waals surface area contributed by atoms with Crippen LogP contribution in [-0.2, 0) is 18.3 Å². The van der Waals surface area contributed by atoms with Crippen LogP contribution in [0.2, 0.25) is 0 Å². The Balaban J connectivity index is -0.0000000536. The molecule has 0 unspecified atom stereocenters. The summed E-state index contributed by atoms with van der Waals surface area (Å²) in [5.74, 6) is 0. The summed E-state index contributed by atoms with van der Waals surface area (Å²) in [5.41, 5.74) is 5.01. The summed E-state index contributed by atoms with van der Waals surface area (Å²) in [6.45, 7) is -0.0394. The Hall–Kier alpha value is 5.48. The van der Waals surface area contributed by atoms with E-state index in [1.54, 1.807) is 0 Å². The molecule has 0 aromatic heterocycles. The number of hydrogen-bond acceptors (Lipinski definition) is 12. The van der Waals surface area contributed by atoms with Crippen LogP contribution in [0.1, 0.15) is 12.8 Å². The van der Waals surface area contributed by atoms with Gasteiger partial charge in [0.05, 0.1) is 0 Å². The van der Waals surface area contributed by atoms with Crippen molar-refractivity contribution in [2.75, 3.05) is 6.54 Å². The fraction of sp³-hybridized carbons (Fsp3) is 1.00. The quantitative estimate of drug-likeness (QED) is 0.126. The molecule has 28 heavy (non-hydrogen) atoms. The van der Waals surface area contributed by atoms with Gasteiger partial charge in [0.1, 0.15) is 0 Å². The van der Waals surface area contributed by atoms with E-state index in [1.165, 1.54) is 0 Å². The first-order chi connectivity index (χ1) is 10.1. The maximum absolute atomic E-state index is 10.7. The van der Waals surface area contributed by atoms with E-state index in [1.807, 2.05) is 0 Å². The van der Waals surface area contributed by atoms with E-state index in [0.29, 0.717) is 0 Å². The average Bonchev–Trinajstić information content (AvgIpc) is 2.17. The molecule has 0 aliphatic carbocycles. The molecule has 0 saturated heterocycles. The Labute approximate surface area is 278 Å². The van der Waals surface area contributed by atoms with E-state index in [4.69, 9.17) is 63.8 Å². The summed E-state index contributed by atoms with van der Waals surface area (Å²) in [4.78, 5) is 85.8. The van der Waals surface area contributed by atoms with Crippen LogP contribution in [0.5, 0.6) is 0 Å². The molecule has 0 fully saturated rings. The van der Waals surface area contributed by atoms with Crippen molar-refractivity contribution in [1.29, 1.82) is 0 Å². The first-order valence-electron chi connectivity index (χ1n) is 5.06. The molecular formula is C4H15Ca4NO15P4. The van der Waals surface area contributed by atoms with E-state index in [2.05, 4.69) is 0 Å². The molecule has 0 spiro atoms. The monoisotopic (exact) mass is 601 g/mol. The molecule has 154 valence electrons. The van der Waals surface area contributed by atoms with Crippen molar-refractivity contribution in [2.45, 2.75) is 17.9 Å². The summed E-state index contributed by atoms with van der Waals surface area (Å²) in [6.07, 6.45) is -0.856. The van der Waals surface area contributed by atoms with Gasteiger partial charge in [0.25, 0.3) is 5.08 Å². The molecule has 0 radical (unpaired) electrons. The molecule has 0 bridgehead atoms. The first kappa shape index (κ1) is 50.4. The molecule has 0 saturated carbocycles. The molecule has 0 atom stereocenters. The van der Waals surface area contributed by atoms with Crippen molar-refractivity contribution >= 4 is 182 Å². The van der Waals surface area contributed by atoms with Crippen molar-refractivity contribution < 1.29 is 72.3 Å². The van der Waals surface area contributed by atoms with Gasteiger partial charge in [0.15, 0.2) is 0 Å². The normalized spacial score (nSPS) is 11.4. The second kappa shape index (κ2) is 21.7. The van der Waals surface area contributed by atoms with Crippen LogP contribution in [0.4, 0.5) is 0 Å². The van der Waals surface area contributed by atoms with Crippen LogP contribution in [0, 0.1) is 0 Å². The Bertz CT molecular complexity index is 494. The average molecular weight is 601 g/mol. The molecule has 16 nitrogen and oxygen atoms in total. The molecular weight excluding hydrogens is 586 g/mol. The molecule has 0 aromatic carbocycles. The molecule has 0 aromatic rings. The third-order valence-electron chi connectivity index (χ3n) is 1.65. The fourth-order valence-corrected chi connectivity index (χ4v) is 3.06. The van der Waals surface area contributed by atoms with E-state index < -0.39 is 42.3 Å². The molecule has 0 rings (SSSR count). The minimum absolute atomic E-state index is 0. The van der Waals surface area contributed by atoms with Gasteiger partial charge in [0, 0.05) is 6.42 Å². The maximum atomic E-state index is 10.7. The van der Waals surface area contributed by atoms with Crippen LogP contribution in [0.15, 0.2) is 0 Å². The third kappa shape index (κ3) is 36.1. The number of rotatable bonds is 5. The van der Waals surface area contributed by atoms with Crippen molar-refractivity contribution in [3.8, 4) is 0 Å². The summed E-state index contributed by atoms with van der Waals surface area (Å²) in [5, 5.41) is 5.91. The molecule has 0 heterocycles. The molecule has 0 amide bonds. The van der Waals surface area contributed by atoms with Crippen LogP contribution >= 0.6 is 30.8 Å². The second-order valence-electron chi connectivity index (χ2n) is 3.65. The van der Waals surface area contributed by atoms with Gasteiger partial charge in [-0.05, 0) is 13.0 Å². The SMILES string of the molecule is NCCCC(O)(P(=O)(O)O)P(=O)(O)O.O=P([O-])([O-])[O-].O=P([O-])([O-])[O-].[Ca+2].[Ca+2].[Ca+2].[CaH2]. The second-order valence-corrected chi connectivity index (χ2v) is 9.45. The Morgan fingerprint density at radius 3 is 1.00 bits per heavy atom. The van der Waals surface area contributed by atoms with Crippen LogP contribution < -0.4 is 35.1 Å². The topological polar surface area (TPSA) is 334 Å². The van der Waals surface area contributed by atoms with E-state index in [0.717, 1.165) is 0 Å². The molecule has 0 aliphatic rings. The predicted molar refractivity (Wildman–Crippen MR) is 88.3 cm³/mol. The fourth-order valence-electron chi connectivity index (χ4n) is 0.800. The number of nitrogens with two attached hydrogens (primary N) is 1. The number of phosphoric acid groups is 2.